The Bertz CT molecular complexity index is 498. The molecule has 0 heterocycles. The van der Waals surface area contributed by atoms with Crippen LogP contribution in [0.25, 0.3) is 5.57 Å². The molecule has 1 atom stereocenters. The molecular formula is C19H26BrN. The lowest BCUT2D eigenvalue weighted by Crippen LogP contribution is -2.36. The van der Waals surface area contributed by atoms with Crippen LogP contribution in [0.3, 0.4) is 0 Å². The van der Waals surface area contributed by atoms with Crippen LogP contribution in [-0.2, 0) is 0 Å². The lowest BCUT2D eigenvalue weighted by molar-refractivity contribution is 0.268. The molecule has 0 bridgehead atoms. The molecule has 2 rings (SSSR count). The van der Waals surface area contributed by atoms with Gasteiger partial charge in [0.15, 0.2) is 0 Å². The summed E-state index contributed by atoms with van der Waals surface area (Å²) in [6.07, 6.45) is 5.01. The number of benzene rings is 1. The smallest absolute Gasteiger partial charge is 0.0329 e. The maximum atomic E-state index is 4.04. The van der Waals surface area contributed by atoms with E-state index in [0.717, 1.165) is 17.6 Å². The van der Waals surface area contributed by atoms with Crippen LogP contribution in [0.2, 0.25) is 0 Å². The fourth-order valence-electron chi connectivity index (χ4n) is 2.86. The molecular weight excluding hydrogens is 322 g/mol. The summed E-state index contributed by atoms with van der Waals surface area (Å²) in [7, 11) is 0. The lowest BCUT2D eigenvalue weighted by Gasteiger charge is -2.31. The summed E-state index contributed by atoms with van der Waals surface area (Å²) >= 11 is 3.54. The molecule has 0 aliphatic heterocycles. The molecule has 0 N–H and O–H groups in total. The molecule has 1 aromatic rings. The van der Waals surface area contributed by atoms with Crippen molar-refractivity contribution < 1.29 is 0 Å². The maximum Gasteiger partial charge on any atom is 0.0329 e. The van der Waals surface area contributed by atoms with Gasteiger partial charge in [-0.2, -0.15) is 0 Å². The average molecular weight is 348 g/mol. The number of rotatable bonds is 8. The molecule has 0 radical (unpaired) electrons. The highest BCUT2D eigenvalue weighted by molar-refractivity contribution is 9.11. The molecule has 1 fully saturated rings. The summed E-state index contributed by atoms with van der Waals surface area (Å²) in [4.78, 5) is 2.55. The van der Waals surface area contributed by atoms with Crippen molar-refractivity contribution in [3.8, 4) is 0 Å². The first-order valence-electron chi connectivity index (χ1n) is 7.98. The number of allylic oxidation sites excluding steroid dienone is 1. The fraction of sp³-hybridized carbons (Fsp3) is 0.474. The Kier molecular flexibility index (Phi) is 6.25. The minimum Gasteiger partial charge on any atom is -0.292 e. The first-order valence-corrected chi connectivity index (χ1v) is 8.77. The summed E-state index contributed by atoms with van der Waals surface area (Å²) in [5, 5.41) is 0. The van der Waals surface area contributed by atoms with E-state index in [0.29, 0.717) is 6.04 Å². The monoisotopic (exact) mass is 347 g/mol. The second-order valence-electron chi connectivity index (χ2n) is 5.90. The van der Waals surface area contributed by atoms with Crippen LogP contribution < -0.4 is 0 Å². The molecule has 1 unspecified atom stereocenters. The zero-order chi connectivity index (χ0) is 15.2. The van der Waals surface area contributed by atoms with Crippen LogP contribution in [0.15, 0.2) is 47.0 Å². The van der Waals surface area contributed by atoms with Crippen molar-refractivity contribution in [3.05, 3.63) is 52.5 Å². The molecule has 2 heteroatoms. The van der Waals surface area contributed by atoms with Crippen molar-refractivity contribution in [1.82, 2.24) is 4.90 Å². The summed E-state index contributed by atoms with van der Waals surface area (Å²) in [6.45, 7) is 10.7. The van der Waals surface area contributed by atoms with E-state index in [9.17, 15) is 0 Å². The van der Waals surface area contributed by atoms with E-state index in [1.807, 2.05) is 0 Å². The minimum atomic E-state index is 0.450. The topological polar surface area (TPSA) is 3.24 Å². The third kappa shape index (κ3) is 4.82. The normalized spacial score (nSPS) is 15.1. The highest BCUT2D eigenvalue weighted by Crippen LogP contribution is 2.39. The van der Waals surface area contributed by atoms with Gasteiger partial charge in [-0.25, -0.2) is 0 Å². The van der Waals surface area contributed by atoms with Gasteiger partial charge in [0.1, 0.15) is 0 Å². The quantitative estimate of drug-likeness (QED) is 0.588. The van der Waals surface area contributed by atoms with Gasteiger partial charge in [-0.15, -0.1) is 0 Å². The van der Waals surface area contributed by atoms with E-state index in [2.05, 4.69) is 71.6 Å². The summed E-state index contributed by atoms with van der Waals surface area (Å²) < 4.78 is 1.07. The van der Waals surface area contributed by atoms with Gasteiger partial charge in [-0.05, 0) is 43.9 Å². The van der Waals surface area contributed by atoms with E-state index in [4.69, 9.17) is 0 Å². The largest absolute Gasteiger partial charge is 0.292 e. The third-order valence-electron chi connectivity index (χ3n) is 4.10. The second kappa shape index (κ2) is 7.95. The third-order valence-corrected chi connectivity index (χ3v) is 4.36. The average Bonchev–Trinajstić information content (AvgIpc) is 3.29. The van der Waals surface area contributed by atoms with E-state index < -0.39 is 0 Å². The van der Waals surface area contributed by atoms with Crippen molar-refractivity contribution in [3.63, 3.8) is 0 Å². The van der Waals surface area contributed by atoms with E-state index in [1.54, 1.807) is 11.1 Å². The highest BCUT2D eigenvalue weighted by atomic mass is 79.9. The van der Waals surface area contributed by atoms with Gasteiger partial charge in [0.2, 0.25) is 0 Å². The van der Waals surface area contributed by atoms with Gasteiger partial charge in [-0.1, -0.05) is 71.8 Å². The Hall–Kier alpha value is -0.860. The van der Waals surface area contributed by atoms with Crippen molar-refractivity contribution in [2.75, 3.05) is 13.1 Å². The Morgan fingerprint density at radius 1 is 1.29 bits per heavy atom. The second-order valence-corrected chi connectivity index (χ2v) is 7.02. The number of unbranched alkanes of at least 4 members (excludes halogenated alkanes) is 1. The van der Waals surface area contributed by atoms with E-state index in [-0.39, 0.29) is 0 Å². The van der Waals surface area contributed by atoms with Crippen LogP contribution in [0.5, 0.6) is 0 Å². The number of nitrogens with zero attached hydrogens (tertiary/aromatic N) is 1. The Morgan fingerprint density at radius 2 is 1.95 bits per heavy atom. The maximum absolute atomic E-state index is 4.04. The molecule has 0 aromatic heterocycles. The lowest BCUT2D eigenvalue weighted by atomic mass is 9.97. The van der Waals surface area contributed by atoms with E-state index in [1.165, 1.54) is 31.2 Å². The Morgan fingerprint density at radius 3 is 2.48 bits per heavy atom. The minimum absolute atomic E-state index is 0.450. The molecule has 0 spiro atoms. The number of hydrogen-bond acceptors (Lipinski definition) is 1. The van der Waals surface area contributed by atoms with Crippen molar-refractivity contribution >= 4 is 21.5 Å². The zero-order valence-corrected chi connectivity index (χ0v) is 14.8. The molecule has 1 aromatic carbocycles. The molecule has 0 amide bonds. The van der Waals surface area contributed by atoms with Gasteiger partial charge < -0.3 is 0 Å². The summed E-state index contributed by atoms with van der Waals surface area (Å²) in [6, 6.07) is 11.3. The van der Waals surface area contributed by atoms with Crippen LogP contribution in [0, 0.1) is 0 Å². The molecule has 1 aliphatic carbocycles. The molecule has 0 saturated heterocycles. The van der Waals surface area contributed by atoms with Gasteiger partial charge in [-0.3, -0.25) is 4.90 Å². The van der Waals surface area contributed by atoms with Crippen LogP contribution in [-0.4, -0.2) is 24.0 Å². The summed E-state index contributed by atoms with van der Waals surface area (Å²) in [5.74, 6) is 0. The van der Waals surface area contributed by atoms with Crippen molar-refractivity contribution in [1.29, 1.82) is 0 Å². The predicted octanol–water partition coefficient (Wildman–Crippen LogP) is 5.63. The van der Waals surface area contributed by atoms with Gasteiger partial charge >= 0.3 is 0 Å². The van der Waals surface area contributed by atoms with Gasteiger partial charge in [0.05, 0.1) is 0 Å². The Labute approximate surface area is 137 Å². The van der Waals surface area contributed by atoms with Crippen LogP contribution in [0.4, 0.5) is 0 Å². The molecule has 1 aliphatic rings. The standard InChI is InChI=1S/C19H26BrN/c1-4-5-13-21(14-15(2)20)16(3)19(18-11-12-18)17-9-7-6-8-10-17/h6-10,16H,2,4-5,11-14H2,1,3H3. The van der Waals surface area contributed by atoms with Gasteiger partial charge in [0, 0.05) is 17.1 Å². The number of hydrogen-bond donors (Lipinski definition) is 0. The Balaban J connectivity index is 2.22. The summed E-state index contributed by atoms with van der Waals surface area (Å²) in [5.41, 5.74) is 4.56. The molecule has 114 valence electrons. The van der Waals surface area contributed by atoms with Gasteiger partial charge in [0.25, 0.3) is 0 Å². The molecule has 1 saturated carbocycles. The fourth-order valence-corrected chi connectivity index (χ4v) is 3.19. The van der Waals surface area contributed by atoms with Crippen molar-refractivity contribution in [2.45, 2.75) is 45.6 Å². The predicted molar refractivity (Wildman–Crippen MR) is 96.6 cm³/mol. The first-order chi connectivity index (χ1) is 10.1. The highest BCUT2D eigenvalue weighted by Gasteiger charge is 2.26. The van der Waals surface area contributed by atoms with Crippen LogP contribution in [0.1, 0.15) is 45.1 Å². The first kappa shape index (κ1) is 16.5. The number of halogens is 1. The van der Waals surface area contributed by atoms with Crippen molar-refractivity contribution in [2.24, 2.45) is 0 Å². The zero-order valence-electron chi connectivity index (χ0n) is 13.2. The van der Waals surface area contributed by atoms with E-state index >= 15 is 0 Å². The molecule has 21 heavy (non-hydrogen) atoms. The molecule has 1 nitrogen and oxygen atoms in total. The SMILES string of the molecule is C=C(Br)CN(CCCC)C(C)C(=C1CC1)c1ccccc1. The van der Waals surface area contributed by atoms with Crippen LogP contribution >= 0.6 is 15.9 Å².